The summed E-state index contributed by atoms with van der Waals surface area (Å²) in [6.07, 6.45) is 0. The SMILES string of the molecule is CCOc1ccc2cc([N+](=O)[O-])ccc2c1. The van der Waals surface area contributed by atoms with Gasteiger partial charge in [-0.15, -0.1) is 0 Å². The highest BCUT2D eigenvalue weighted by molar-refractivity contribution is 5.85. The molecule has 0 bridgehead atoms. The molecule has 0 radical (unpaired) electrons. The summed E-state index contributed by atoms with van der Waals surface area (Å²) in [5.74, 6) is 0.781. The molecular formula is C12H11NO3. The molecule has 16 heavy (non-hydrogen) atoms. The Morgan fingerprint density at radius 3 is 2.56 bits per heavy atom. The van der Waals surface area contributed by atoms with E-state index in [0.717, 1.165) is 16.5 Å². The molecule has 0 saturated carbocycles. The number of hydrogen-bond acceptors (Lipinski definition) is 3. The van der Waals surface area contributed by atoms with Gasteiger partial charge in [0.2, 0.25) is 0 Å². The third-order valence-electron chi connectivity index (χ3n) is 2.32. The highest BCUT2D eigenvalue weighted by atomic mass is 16.6. The maximum atomic E-state index is 10.6. The smallest absolute Gasteiger partial charge is 0.270 e. The van der Waals surface area contributed by atoms with Crippen molar-refractivity contribution >= 4 is 16.5 Å². The zero-order chi connectivity index (χ0) is 11.5. The molecule has 0 atom stereocenters. The van der Waals surface area contributed by atoms with Crippen LogP contribution in [0.5, 0.6) is 5.75 Å². The van der Waals surface area contributed by atoms with E-state index in [4.69, 9.17) is 4.74 Å². The lowest BCUT2D eigenvalue weighted by atomic mass is 10.1. The maximum Gasteiger partial charge on any atom is 0.270 e. The third-order valence-corrected chi connectivity index (χ3v) is 2.32. The van der Waals surface area contributed by atoms with Gasteiger partial charge in [0.1, 0.15) is 5.75 Å². The summed E-state index contributed by atoms with van der Waals surface area (Å²) < 4.78 is 5.36. The largest absolute Gasteiger partial charge is 0.494 e. The number of nitrogens with zero attached hydrogens (tertiary/aromatic N) is 1. The van der Waals surface area contributed by atoms with E-state index in [-0.39, 0.29) is 5.69 Å². The van der Waals surface area contributed by atoms with Gasteiger partial charge in [0.05, 0.1) is 11.5 Å². The summed E-state index contributed by atoms with van der Waals surface area (Å²) in [4.78, 5) is 10.2. The molecule has 0 spiro atoms. The van der Waals surface area contributed by atoms with Crippen molar-refractivity contribution in [3.8, 4) is 5.75 Å². The Morgan fingerprint density at radius 2 is 1.88 bits per heavy atom. The van der Waals surface area contributed by atoms with Crippen LogP contribution in [0.15, 0.2) is 36.4 Å². The predicted molar refractivity (Wildman–Crippen MR) is 61.8 cm³/mol. The van der Waals surface area contributed by atoms with Gasteiger partial charge >= 0.3 is 0 Å². The summed E-state index contributed by atoms with van der Waals surface area (Å²) >= 11 is 0. The molecule has 0 N–H and O–H groups in total. The van der Waals surface area contributed by atoms with Crippen LogP contribution in [-0.4, -0.2) is 11.5 Å². The zero-order valence-electron chi connectivity index (χ0n) is 8.84. The molecule has 0 fully saturated rings. The van der Waals surface area contributed by atoms with Gasteiger partial charge in [0, 0.05) is 12.1 Å². The van der Waals surface area contributed by atoms with Gasteiger partial charge in [-0.25, -0.2) is 0 Å². The molecule has 2 aromatic rings. The number of hydrogen-bond donors (Lipinski definition) is 0. The molecule has 0 heterocycles. The van der Waals surface area contributed by atoms with Crippen molar-refractivity contribution in [1.29, 1.82) is 0 Å². The van der Waals surface area contributed by atoms with Crippen molar-refractivity contribution in [2.24, 2.45) is 0 Å². The van der Waals surface area contributed by atoms with Crippen LogP contribution < -0.4 is 4.74 Å². The number of nitro benzene ring substituents is 1. The van der Waals surface area contributed by atoms with Gasteiger partial charge in [0.25, 0.3) is 5.69 Å². The van der Waals surface area contributed by atoms with E-state index in [0.29, 0.717) is 6.61 Å². The fraction of sp³-hybridized carbons (Fsp3) is 0.167. The van der Waals surface area contributed by atoms with Crippen molar-refractivity contribution in [3.63, 3.8) is 0 Å². The van der Waals surface area contributed by atoms with Crippen LogP contribution in [0.3, 0.4) is 0 Å². The second-order valence-electron chi connectivity index (χ2n) is 3.38. The lowest BCUT2D eigenvalue weighted by molar-refractivity contribution is -0.384. The average Bonchev–Trinajstić information content (AvgIpc) is 2.28. The fourth-order valence-corrected chi connectivity index (χ4v) is 1.58. The zero-order valence-corrected chi connectivity index (χ0v) is 8.84. The molecule has 4 heteroatoms. The first-order chi connectivity index (χ1) is 7.70. The molecule has 2 aromatic carbocycles. The van der Waals surface area contributed by atoms with E-state index in [2.05, 4.69) is 0 Å². The second-order valence-corrected chi connectivity index (χ2v) is 3.38. The van der Waals surface area contributed by atoms with Gasteiger partial charge in [-0.2, -0.15) is 0 Å². The van der Waals surface area contributed by atoms with Crippen LogP contribution in [0.1, 0.15) is 6.92 Å². The first kappa shape index (κ1) is 10.4. The van der Waals surface area contributed by atoms with Crippen LogP contribution in [0, 0.1) is 10.1 Å². The molecule has 2 rings (SSSR count). The summed E-state index contributed by atoms with van der Waals surface area (Å²) in [7, 11) is 0. The van der Waals surface area contributed by atoms with Crippen molar-refractivity contribution in [2.45, 2.75) is 6.92 Å². The van der Waals surface area contributed by atoms with E-state index in [1.807, 2.05) is 25.1 Å². The fourth-order valence-electron chi connectivity index (χ4n) is 1.58. The van der Waals surface area contributed by atoms with Crippen molar-refractivity contribution < 1.29 is 9.66 Å². The number of non-ortho nitro benzene ring substituents is 1. The van der Waals surface area contributed by atoms with E-state index < -0.39 is 4.92 Å². The highest BCUT2D eigenvalue weighted by Gasteiger charge is 2.06. The summed E-state index contributed by atoms with van der Waals surface area (Å²) in [5.41, 5.74) is 0.108. The molecule has 0 amide bonds. The molecule has 0 saturated heterocycles. The number of rotatable bonds is 3. The highest BCUT2D eigenvalue weighted by Crippen LogP contribution is 2.24. The molecule has 82 valence electrons. The number of ether oxygens (including phenoxy) is 1. The Bertz CT molecular complexity index is 537. The number of nitro groups is 1. The first-order valence-corrected chi connectivity index (χ1v) is 5.01. The summed E-state index contributed by atoms with van der Waals surface area (Å²) in [6.45, 7) is 2.53. The Kier molecular flexibility index (Phi) is 2.72. The van der Waals surface area contributed by atoms with E-state index in [9.17, 15) is 10.1 Å². The van der Waals surface area contributed by atoms with Crippen LogP contribution in [-0.2, 0) is 0 Å². The quantitative estimate of drug-likeness (QED) is 0.586. The van der Waals surface area contributed by atoms with E-state index in [1.165, 1.54) is 6.07 Å². The standard InChI is InChI=1S/C12H11NO3/c1-2-16-12-6-4-9-7-11(13(14)15)5-3-10(9)8-12/h3-8H,2H2,1H3. The van der Waals surface area contributed by atoms with Gasteiger partial charge in [-0.05, 0) is 35.9 Å². The minimum absolute atomic E-state index is 0.108. The lowest BCUT2D eigenvalue weighted by Gasteiger charge is -2.04. The van der Waals surface area contributed by atoms with E-state index >= 15 is 0 Å². The predicted octanol–water partition coefficient (Wildman–Crippen LogP) is 3.15. The lowest BCUT2D eigenvalue weighted by Crippen LogP contribution is -1.91. The van der Waals surface area contributed by atoms with Gasteiger partial charge in [0.15, 0.2) is 0 Å². The van der Waals surface area contributed by atoms with Gasteiger partial charge < -0.3 is 4.74 Å². The molecule has 4 nitrogen and oxygen atoms in total. The molecule has 0 aliphatic heterocycles. The minimum Gasteiger partial charge on any atom is -0.494 e. The Morgan fingerprint density at radius 1 is 1.19 bits per heavy atom. The normalized spacial score (nSPS) is 10.3. The topological polar surface area (TPSA) is 52.4 Å². The molecular weight excluding hydrogens is 206 g/mol. The van der Waals surface area contributed by atoms with Gasteiger partial charge in [-0.3, -0.25) is 10.1 Å². The molecule has 0 aliphatic carbocycles. The van der Waals surface area contributed by atoms with Crippen molar-refractivity contribution in [1.82, 2.24) is 0 Å². The maximum absolute atomic E-state index is 10.6. The number of fused-ring (bicyclic) bond motifs is 1. The average molecular weight is 217 g/mol. The Hall–Kier alpha value is -2.10. The minimum atomic E-state index is -0.393. The molecule has 0 unspecified atom stereocenters. The summed E-state index contributed by atoms with van der Waals surface area (Å²) in [5, 5.41) is 12.4. The molecule has 0 aromatic heterocycles. The number of benzene rings is 2. The monoisotopic (exact) mass is 217 g/mol. The Labute approximate surface area is 92.6 Å². The van der Waals surface area contributed by atoms with Crippen LogP contribution in [0.4, 0.5) is 5.69 Å². The van der Waals surface area contributed by atoms with Gasteiger partial charge in [-0.1, -0.05) is 6.07 Å². The third kappa shape index (κ3) is 1.95. The van der Waals surface area contributed by atoms with Crippen LogP contribution in [0.2, 0.25) is 0 Å². The van der Waals surface area contributed by atoms with Crippen molar-refractivity contribution in [2.75, 3.05) is 6.61 Å². The second kappa shape index (κ2) is 4.18. The molecule has 0 aliphatic rings. The van der Waals surface area contributed by atoms with E-state index in [1.54, 1.807) is 12.1 Å². The Balaban J connectivity index is 2.48. The van der Waals surface area contributed by atoms with Crippen LogP contribution in [0.25, 0.3) is 10.8 Å². The summed E-state index contributed by atoms with van der Waals surface area (Å²) in [6, 6.07) is 10.3. The van der Waals surface area contributed by atoms with Crippen molar-refractivity contribution in [3.05, 3.63) is 46.5 Å². The van der Waals surface area contributed by atoms with Crippen LogP contribution >= 0.6 is 0 Å². The first-order valence-electron chi connectivity index (χ1n) is 5.01.